The smallest absolute Gasteiger partial charge is 0.284 e. The van der Waals surface area contributed by atoms with Crippen LogP contribution >= 0.6 is 0 Å². The van der Waals surface area contributed by atoms with E-state index in [0.29, 0.717) is 28.5 Å². The number of benzene rings is 2. The predicted octanol–water partition coefficient (Wildman–Crippen LogP) is 3.11. The highest BCUT2D eigenvalue weighted by molar-refractivity contribution is 5.99. The summed E-state index contributed by atoms with van der Waals surface area (Å²) in [5, 5.41) is 4.10. The van der Waals surface area contributed by atoms with E-state index < -0.39 is 12.0 Å². The van der Waals surface area contributed by atoms with E-state index in [1.165, 1.54) is 6.07 Å². The number of amides is 1. The van der Waals surface area contributed by atoms with Crippen molar-refractivity contribution >= 4 is 17.3 Å². The van der Waals surface area contributed by atoms with Crippen molar-refractivity contribution in [3.8, 4) is 11.5 Å². The van der Waals surface area contributed by atoms with Crippen LogP contribution in [0.1, 0.15) is 25.3 Å². The first-order chi connectivity index (χ1) is 13.6. The van der Waals surface area contributed by atoms with Crippen LogP contribution in [0.5, 0.6) is 11.5 Å². The Labute approximate surface area is 162 Å². The Morgan fingerprint density at radius 2 is 1.93 bits per heavy atom. The third-order valence-corrected chi connectivity index (χ3v) is 4.95. The largest absolute Gasteiger partial charge is 0.485 e. The second-order valence-corrected chi connectivity index (χ2v) is 6.90. The number of hydrazone groups is 1. The third-order valence-electron chi connectivity index (χ3n) is 4.95. The number of hydrogen-bond acceptors (Lipinski definition) is 5. The van der Waals surface area contributed by atoms with Crippen molar-refractivity contribution < 1.29 is 18.7 Å². The molecular formula is C21H22FN3O3. The van der Waals surface area contributed by atoms with Gasteiger partial charge in [0.25, 0.3) is 5.91 Å². The van der Waals surface area contributed by atoms with Gasteiger partial charge in [0.1, 0.15) is 12.4 Å². The molecule has 1 fully saturated rings. The number of anilines is 1. The highest BCUT2D eigenvalue weighted by atomic mass is 19.1. The fourth-order valence-corrected chi connectivity index (χ4v) is 3.37. The summed E-state index contributed by atoms with van der Waals surface area (Å²) in [6.07, 6.45) is 1.39. The topological polar surface area (TPSA) is 63.2 Å². The minimum absolute atomic E-state index is 0.108. The summed E-state index contributed by atoms with van der Waals surface area (Å²) in [7, 11) is 0. The number of halogens is 1. The maximum absolute atomic E-state index is 14.5. The molecule has 0 bridgehead atoms. The second-order valence-electron chi connectivity index (χ2n) is 6.90. The van der Waals surface area contributed by atoms with Crippen LogP contribution in [-0.2, 0) is 4.79 Å². The van der Waals surface area contributed by atoms with Crippen LogP contribution < -0.4 is 19.8 Å². The van der Waals surface area contributed by atoms with Gasteiger partial charge in [-0.15, -0.1) is 0 Å². The van der Waals surface area contributed by atoms with Crippen LogP contribution in [0.3, 0.4) is 0 Å². The number of para-hydroxylation sites is 2. The first kappa shape index (κ1) is 18.3. The van der Waals surface area contributed by atoms with Gasteiger partial charge >= 0.3 is 0 Å². The standard InChI is InChI=1S/C21H22FN3O3/c1-14(15-8-9-17(16(22)12-15)25-10-4-5-11-25)23-24-21(26)20-13-27-18-6-2-3-7-19(18)28-20/h2-3,6-9,12,20H,4-5,10-11,13H2,1H3,(H,24,26)/b23-14-/t20-/m1/s1. The molecule has 2 aromatic carbocycles. The van der Waals surface area contributed by atoms with E-state index in [9.17, 15) is 9.18 Å². The summed E-state index contributed by atoms with van der Waals surface area (Å²) in [6.45, 7) is 3.59. The Morgan fingerprint density at radius 3 is 2.68 bits per heavy atom. The van der Waals surface area contributed by atoms with E-state index in [1.54, 1.807) is 25.1 Å². The maximum Gasteiger partial charge on any atom is 0.284 e. The number of carbonyl (C=O) groups excluding carboxylic acids is 1. The summed E-state index contributed by atoms with van der Waals surface area (Å²) in [4.78, 5) is 14.4. The van der Waals surface area contributed by atoms with Gasteiger partial charge < -0.3 is 14.4 Å². The molecule has 2 aromatic rings. The molecule has 0 unspecified atom stereocenters. The molecule has 146 valence electrons. The molecule has 6 nitrogen and oxygen atoms in total. The number of ether oxygens (including phenoxy) is 2. The number of hydrogen-bond donors (Lipinski definition) is 1. The number of fused-ring (bicyclic) bond motifs is 1. The lowest BCUT2D eigenvalue weighted by Gasteiger charge is -2.24. The van der Waals surface area contributed by atoms with Crippen LogP contribution in [0.2, 0.25) is 0 Å². The molecule has 1 N–H and O–H groups in total. The van der Waals surface area contributed by atoms with Crippen molar-refractivity contribution in [2.45, 2.75) is 25.9 Å². The quantitative estimate of drug-likeness (QED) is 0.651. The Morgan fingerprint density at radius 1 is 1.18 bits per heavy atom. The van der Waals surface area contributed by atoms with E-state index in [1.807, 2.05) is 23.1 Å². The monoisotopic (exact) mass is 383 g/mol. The molecule has 0 saturated carbocycles. The Hall–Kier alpha value is -3.09. The Balaban J connectivity index is 1.40. The molecule has 0 aliphatic carbocycles. The molecule has 0 spiro atoms. The number of rotatable bonds is 4. The average molecular weight is 383 g/mol. The van der Waals surface area contributed by atoms with Gasteiger partial charge in [0.05, 0.1) is 11.4 Å². The zero-order chi connectivity index (χ0) is 19.5. The molecule has 1 saturated heterocycles. The van der Waals surface area contributed by atoms with Gasteiger partial charge in [-0.25, -0.2) is 9.82 Å². The molecule has 1 amide bonds. The summed E-state index contributed by atoms with van der Waals surface area (Å²) < 4.78 is 25.7. The van der Waals surface area contributed by atoms with Crippen molar-refractivity contribution in [3.63, 3.8) is 0 Å². The minimum Gasteiger partial charge on any atom is -0.485 e. The first-order valence-corrected chi connectivity index (χ1v) is 9.39. The summed E-state index contributed by atoms with van der Waals surface area (Å²) in [5.74, 6) is 0.442. The van der Waals surface area contributed by atoms with Gasteiger partial charge in [0.15, 0.2) is 11.5 Å². The van der Waals surface area contributed by atoms with Gasteiger partial charge in [-0.2, -0.15) is 5.10 Å². The van der Waals surface area contributed by atoms with Crippen molar-refractivity contribution in [1.29, 1.82) is 0 Å². The maximum atomic E-state index is 14.5. The predicted molar refractivity (Wildman–Crippen MR) is 105 cm³/mol. The molecule has 2 aliphatic rings. The SMILES string of the molecule is C/C(=N/NC(=O)[C@H]1COc2ccccc2O1)c1ccc(N2CCCC2)c(F)c1. The van der Waals surface area contributed by atoms with E-state index in [4.69, 9.17) is 9.47 Å². The highest BCUT2D eigenvalue weighted by Gasteiger charge is 2.27. The number of nitrogens with zero attached hydrogens (tertiary/aromatic N) is 2. The van der Waals surface area contributed by atoms with Crippen LogP contribution in [0, 0.1) is 5.82 Å². The fraction of sp³-hybridized carbons (Fsp3) is 0.333. The minimum atomic E-state index is -0.791. The zero-order valence-electron chi connectivity index (χ0n) is 15.7. The van der Waals surface area contributed by atoms with Gasteiger partial charge in [-0.1, -0.05) is 18.2 Å². The van der Waals surface area contributed by atoms with Crippen molar-refractivity contribution in [2.24, 2.45) is 5.10 Å². The Kier molecular flexibility index (Phi) is 5.14. The van der Waals surface area contributed by atoms with Crippen LogP contribution in [0.15, 0.2) is 47.6 Å². The van der Waals surface area contributed by atoms with Gasteiger partial charge in [0.2, 0.25) is 6.10 Å². The lowest BCUT2D eigenvalue weighted by atomic mass is 10.1. The molecule has 2 aliphatic heterocycles. The summed E-state index contributed by atoms with van der Waals surface area (Å²) in [5.41, 5.74) is 4.23. The van der Waals surface area contributed by atoms with Crippen LogP contribution in [0.4, 0.5) is 10.1 Å². The molecule has 7 heteroatoms. The van der Waals surface area contributed by atoms with E-state index in [0.717, 1.165) is 25.9 Å². The average Bonchev–Trinajstić information content (AvgIpc) is 3.25. The normalized spacial score (nSPS) is 18.9. The molecule has 4 rings (SSSR count). The van der Waals surface area contributed by atoms with E-state index >= 15 is 0 Å². The summed E-state index contributed by atoms with van der Waals surface area (Å²) in [6, 6.07) is 12.2. The molecule has 2 heterocycles. The van der Waals surface area contributed by atoms with Crippen LogP contribution in [0.25, 0.3) is 0 Å². The lowest BCUT2D eigenvalue weighted by Crippen LogP contribution is -2.42. The first-order valence-electron chi connectivity index (χ1n) is 9.39. The molecule has 0 radical (unpaired) electrons. The third kappa shape index (κ3) is 3.78. The van der Waals surface area contributed by atoms with Crippen molar-refractivity contribution in [3.05, 3.63) is 53.8 Å². The highest BCUT2D eigenvalue weighted by Crippen LogP contribution is 2.31. The Bertz CT molecular complexity index is 910. The summed E-state index contributed by atoms with van der Waals surface area (Å²) >= 11 is 0. The molecular weight excluding hydrogens is 361 g/mol. The molecule has 1 atom stereocenters. The van der Waals surface area contributed by atoms with Crippen LogP contribution in [-0.4, -0.2) is 37.4 Å². The van der Waals surface area contributed by atoms with Gasteiger partial charge in [-0.3, -0.25) is 4.79 Å². The van der Waals surface area contributed by atoms with Crippen molar-refractivity contribution in [1.82, 2.24) is 5.43 Å². The fourth-order valence-electron chi connectivity index (χ4n) is 3.37. The molecule has 28 heavy (non-hydrogen) atoms. The molecule has 0 aromatic heterocycles. The zero-order valence-corrected chi connectivity index (χ0v) is 15.7. The lowest BCUT2D eigenvalue weighted by molar-refractivity contribution is -0.130. The van der Waals surface area contributed by atoms with E-state index in [-0.39, 0.29) is 12.4 Å². The number of nitrogens with one attached hydrogen (secondary N) is 1. The number of carbonyl (C=O) groups is 1. The van der Waals surface area contributed by atoms with Crippen molar-refractivity contribution in [2.75, 3.05) is 24.6 Å². The van der Waals surface area contributed by atoms with Gasteiger partial charge in [0, 0.05) is 18.7 Å². The second kappa shape index (κ2) is 7.88. The van der Waals surface area contributed by atoms with Gasteiger partial charge in [-0.05, 0) is 44.0 Å². The van der Waals surface area contributed by atoms with E-state index in [2.05, 4.69) is 10.5 Å².